The summed E-state index contributed by atoms with van der Waals surface area (Å²) in [5.41, 5.74) is 1.79. The van der Waals surface area contributed by atoms with Gasteiger partial charge in [0.2, 0.25) is 5.82 Å². The molecule has 2 aromatic rings. The number of amides is 1. The van der Waals surface area contributed by atoms with E-state index in [1.807, 2.05) is 32.0 Å². The van der Waals surface area contributed by atoms with Gasteiger partial charge in [0.15, 0.2) is 0 Å². The lowest BCUT2D eigenvalue weighted by Gasteiger charge is -2.34. The molecule has 34 heavy (non-hydrogen) atoms. The highest BCUT2D eigenvalue weighted by atomic mass is 35.5. The molecule has 1 aromatic heterocycles. The van der Waals surface area contributed by atoms with E-state index >= 15 is 0 Å². The van der Waals surface area contributed by atoms with Crippen molar-refractivity contribution in [3.05, 3.63) is 29.6 Å². The van der Waals surface area contributed by atoms with Crippen LogP contribution in [-0.2, 0) is 4.74 Å². The molecule has 3 rings (SSSR count). The van der Waals surface area contributed by atoms with Crippen LogP contribution in [0.15, 0.2) is 18.2 Å². The van der Waals surface area contributed by atoms with Crippen molar-refractivity contribution in [2.24, 2.45) is 0 Å². The van der Waals surface area contributed by atoms with Crippen molar-refractivity contribution in [1.29, 1.82) is 5.41 Å². The lowest BCUT2D eigenvalue weighted by molar-refractivity contribution is 0.0913. The number of carbonyl (C=O) groups excluding carboxylic acids is 1. The second-order valence-corrected chi connectivity index (χ2v) is 8.11. The van der Waals surface area contributed by atoms with Crippen molar-refractivity contribution in [3.8, 4) is 0 Å². The number of halogens is 2. The quantitative estimate of drug-likeness (QED) is 0.187. The number of nitrogens with one attached hydrogen (secondary N) is 4. The van der Waals surface area contributed by atoms with Crippen molar-refractivity contribution in [2.45, 2.75) is 58.0 Å². The van der Waals surface area contributed by atoms with Gasteiger partial charge >= 0.3 is 0 Å². The Balaban J connectivity index is 0.00000289. The number of aromatic nitrogens is 2. The number of rotatable bonds is 10. The Labute approximate surface area is 213 Å². The second kappa shape index (κ2) is 14.9. The average Bonchev–Trinajstić information content (AvgIpc) is 2.78. The van der Waals surface area contributed by atoms with Gasteiger partial charge in [-0.1, -0.05) is 24.5 Å². The Kier molecular flexibility index (Phi) is 13.1. The van der Waals surface area contributed by atoms with E-state index in [-0.39, 0.29) is 55.2 Å². The van der Waals surface area contributed by atoms with Crippen LogP contribution >= 0.6 is 24.8 Å². The van der Waals surface area contributed by atoms with Crippen LogP contribution in [-0.4, -0.2) is 65.3 Å². The summed E-state index contributed by atoms with van der Waals surface area (Å²) in [6.07, 6.45) is 4.33. The summed E-state index contributed by atoms with van der Waals surface area (Å²) in [7, 11) is 0. The molecule has 1 aliphatic carbocycles. The van der Waals surface area contributed by atoms with Gasteiger partial charge in [-0.05, 0) is 38.8 Å². The molecule has 0 saturated heterocycles. The van der Waals surface area contributed by atoms with Gasteiger partial charge in [0.25, 0.3) is 5.91 Å². The van der Waals surface area contributed by atoms with E-state index in [1.54, 1.807) is 0 Å². The highest BCUT2D eigenvalue weighted by Crippen LogP contribution is 2.27. The van der Waals surface area contributed by atoms with Gasteiger partial charge in [0, 0.05) is 37.0 Å². The number of anilines is 1. The molecule has 1 amide bonds. The topological polar surface area (TPSA) is 132 Å². The van der Waals surface area contributed by atoms with E-state index in [4.69, 9.17) is 15.3 Å². The highest BCUT2D eigenvalue weighted by molar-refractivity contribution is 5.96. The number of ether oxygens (including phenoxy) is 1. The molecule has 0 bridgehead atoms. The molecule has 1 aliphatic rings. The lowest BCUT2D eigenvalue weighted by Crippen LogP contribution is -2.48. The zero-order chi connectivity index (χ0) is 22.9. The van der Waals surface area contributed by atoms with Crippen LogP contribution in [0.1, 0.15) is 55.2 Å². The summed E-state index contributed by atoms with van der Waals surface area (Å²) in [5.74, 6) is 0.747. The average molecular weight is 515 g/mol. The summed E-state index contributed by atoms with van der Waals surface area (Å²) >= 11 is 0. The Bertz CT molecular complexity index is 946. The Morgan fingerprint density at radius 2 is 1.94 bits per heavy atom. The number of aliphatic hydroxyl groups is 1. The first-order chi connectivity index (χ1) is 15.5. The zero-order valence-electron chi connectivity index (χ0n) is 19.7. The molecular formula is C23H36Cl2N6O3. The fraction of sp³-hybridized carbons (Fsp3) is 0.565. The first-order valence-electron chi connectivity index (χ1n) is 11.4. The molecule has 1 fully saturated rings. The van der Waals surface area contributed by atoms with Gasteiger partial charge in [0.1, 0.15) is 5.82 Å². The smallest absolute Gasteiger partial charge is 0.289 e. The van der Waals surface area contributed by atoms with Gasteiger partial charge in [-0.2, -0.15) is 0 Å². The van der Waals surface area contributed by atoms with E-state index in [0.29, 0.717) is 43.3 Å². The fourth-order valence-electron chi connectivity index (χ4n) is 3.97. The Hall–Kier alpha value is -2.20. The zero-order valence-corrected chi connectivity index (χ0v) is 21.4. The third kappa shape index (κ3) is 8.23. The molecule has 1 heterocycles. The predicted molar refractivity (Wildman–Crippen MR) is 140 cm³/mol. The first kappa shape index (κ1) is 29.8. The third-order valence-corrected chi connectivity index (χ3v) is 5.60. The number of aliphatic hydroxyl groups excluding tert-OH is 1. The molecule has 2 atom stereocenters. The summed E-state index contributed by atoms with van der Waals surface area (Å²) in [5, 5.41) is 27.6. The van der Waals surface area contributed by atoms with Crippen molar-refractivity contribution in [2.75, 3.05) is 31.7 Å². The molecule has 1 aromatic carbocycles. The van der Waals surface area contributed by atoms with Crippen molar-refractivity contribution in [1.82, 2.24) is 20.6 Å². The minimum Gasteiger partial charge on any atom is -0.396 e. The minimum absolute atomic E-state index is 0. The van der Waals surface area contributed by atoms with Gasteiger partial charge in [-0.3, -0.25) is 10.2 Å². The third-order valence-electron chi connectivity index (χ3n) is 5.60. The molecular weight excluding hydrogens is 479 g/mol. The molecule has 5 N–H and O–H groups in total. The first-order valence-corrected chi connectivity index (χ1v) is 11.4. The van der Waals surface area contributed by atoms with E-state index < -0.39 is 0 Å². The number of fused-ring (bicyclic) bond motifs is 1. The Morgan fingerprint density at radius 1 is 1.21 bits per heavy atom. The van der Waals surface area contributed by atoms with Crippen LogP contribution in [0, 0.1) is 12.3 Å². The van der Waals surface area contributed by atoms with Gasteiger partial charge in [-0.15, -0.1) is 24.8 Å². The Morgan fingerprint density at radius 3 is 2.65 bits per heavy atom. The number of amidine groups is 1. The molecule has 0 spiro atoms. The molecule has 11 heteroatoms. The predicted octanol–water partition coefficient (Wildman–Crippen LogP) is 3.22. The molecule has 0 aliphatic heterocycles. The summed E-state index contributed by atoms with van der Waals surface area (Å²) in [6, 6.07) is 6.00. The van der Waals surface area contributed by atoms with Crippen LogP contribution in [0.2, 0.25) is 0 Å². The van der Waals surface area contributed by atoms with Crippen LogP contribution < -0.4 is 16.0 Å². The maximum atomic E-state index is 12.7. The van der Waals surface area contributed by atoms with Gasteiger partial charge in [-0.25, -0.2) is 9.97 Å². The SMILES string of the molecule is CCOCCNC(=O)c1nc(N[C@H]2CCCC[C@H]2NC(=N)CCO)c2cc(C)ccc2n1.Cl.Cl. The lowest BCUT2D eigenvalue weighted by atomic mass is 9.90. The second-order valence-electron chi connectivity index (χ2n) is 8.11. The van der Waals surface area contributed by atoms with Crippen LogP contribution in [0.3, 0.4) is 0 Å². The summed E-state index contributed by atoms with van der Waals surface area (Å²) < 4.78 is 5.28. The maximum absolute atomic E-state index is 12.7. The normalized spacial score (nSPS) is 17.3. The van der Waals surface area contributed by atoms with Crippen LogP contribution in [0.25, 0.3) is 10.9 Å². The minimum atomic E-state index is -0.335. The summed E-state index contributed by atoms with van der Waals surface area (Å²) in [4.78, 5) is 21.7. The summed E-state index contributed by atoms with van der Waals surface area (Å²) in [6.45, 7) is 5.31. The molecule has 190 valence electrons. The number of benzene rings is 1. The van der Waals surface area contributed by atoms with Crippen LogP contribution in [0.5, 0.6) is 0 Å². The van der Waals surface area contributed by atoms with Gasteiger partial charge < -0.3 is 25.8 Å². The van der Waals surface area contributed by atoms with E-state index in [2.05, 4.69) is 25.9 Å². The molecule has 1 saturated carbocycles. The number of hydrogen-bond donors (Lipinski definition) is 5. The monoisotopic (exact) mass is 514 g/mol. The number of aryl methyl sites for hydroxylation is 1. The molecule has 9 nitrogen and oxygen atoms in total. The van der Waals surface area contributed by atoms with E-state index in [9.17, 15) is 4.79 Å². The molecule has 0 unspecified atom stereocenters. The van der Waals surface area contributed by atoms with Gasteiger partial charge in [0.05, 0.1) is 24.6 Å². The fourth-order valence-corrected chi connectivity index (χ4v) is 3.97. The number of carbonyl (C=O) groups is 1. The maximum Gasteiger partial charge on any atom is 0.289 e. The standard InChI is InChI=1S/C23H34N6O3.2ClH/c1-3-32-13-11-25-23(31)22-27-17-9-8-15(2)14-16(17)21(29-22)28-19-7-5-4-6-18(19)26-20(24)10-12-30;;/h8-9,14,18-19,30H,3-7,10-13H2,1-2H3,(H2,24,26)(H,25,31)(H,27,28,29);2*1H/t18-,19+;;/m1../s1. The van der Waals surface area contributed by atoms with Crippen molar-refractivity contribution in [3.63, 3.8) is 0 Å². The number of nitrogens with zero attached hydrogens (tertiary/aromatic N) is 2. The number of hydrogen-bond acceptors (Lipinski definition) is 7. The van der Waals surface area contributed by atoms with Crippen molar-refractivity contribution < 1.29 is 14.6 Å². The van der Waals surface area contributed by atoms with E-state index in [0.717, 1.165) is 36.6 Å². The molecule has 0 radical (unpaired) electrons. The van der Waals surface area contributed by atoms with Crippen molar-refractivity contribution >= 4 is 53.3 Å². The largest absolute Gasteiger partial charge is 0.396 e. The highest BCUT2D eigenvalue weighted by Gasteiger charge is 2.27. The van der Waals surface area contributed by atoms with E-state index in [1.165, 1.54) is 0 Å². The van der Waals surface area contributed by atoms with Crippen LogP contribution in [0.4, 0.5) is 5.82 Å².